The molecular formula is C25H32O7. The lowest BCUT2D eigenvalue weighted by Crippen LogP contribution is -2.31. The molecular weight excluding hydrogens is 412 g/mol. The topological polar surface area (TPSA) is 72.5 Å². The van der Waals surface area contributed by atoms with Gasteiger partial charge in [-0.2, -0.15) is 0 Å². The highest BCUT2D eigenvalue weighted by Crippen LogP contribution is 2.28. The molecule has 3 rings (SSSR count). The van der Waals surface area contributed by atoms with Gasteiger partial charge in [0.2, 0.25) is 0 Å². The highest BCUT2D eigenvalue weighted by molar-refractivity contribution is 5.69. The Hall–Kier alpha value is -2.93. The average molecular weight is 445 g/mol. The molecule has 0 spiro atoms. The van der Waals surface area contributed by atoms with Gasteiger partial charge in [0.25, 0.3) is 0 Å². The number of esters is 1. The van der Waals surface area contributed by atoms with E-state index in [-0.39, 0.29) is 19.2 Å². The quantitative estimate of drug-likeness (QED) is 0.499. The molecule has 0 aromatic heterocycles. The minimum atomic E-state index is -0.582. The number of carbonyl (C=O) groups excluding carboxylic acids is 1. The van der Waals surface area contributed by atoms with Gasteiger partial charge >= 0.3 is 5.97 Å². The van der Waals surface area contributed by atoms with E-state index in [0.29, 0.717) is 55.8 Å². The SMILES string of the molecule is CCCCCC(=O)OC1COc2ccccc2OCCOCCOc2ccccc2OC1. The summed E-state index contributed by atoms with van der Waals surface area (Å²) in [5.41, 5.74) is 0. The van der Waals surface area contributed by atoms with Crippen molar-refractivity contribution in [3.05, 3.63) is 48.5 Å². The Kier molecular flexibility index (Phi) is 9.99. The van der Waals surface area contributed by atoms with E-state index in [2.05, 4.69) is 6.92 Å². The third-order valence-electron chi connectivity index (χ3n) is 4.80. The molecule has 0 saturated carbocycles. The Morgan fingerprint density at radius 2 is 1.28 bits per heavy atom. The van der Waals surface area contributed by atoms with Crippen LogP contribution in [0.5, 0.6) is 23.0 Å². The molecule has 174 valence electrons. The Morgan fingerprint density at radius 1 is 0.781 bits per heavy atom. The summed E-state index contributed by atoms with van der Waals surface area (Å²) in [5.74, 6) is 2.12. The molecule has 0 N–H and O–H groups in total. The van der Waals surface area contributed by atoms with Crippen molar-refractivity contribution in [2.45, 2.75) is 38.7 Å². The number of carbonyl (C=O) groups is 1. The van der Waals surface area contributed by atoms with Gasteiger partial charge in [0.1, 0.15) is 26.4 Å². The van der Waals surface area contributed by atoms with Crippen LogP contribution in [-0.2, 0) is 14.3 Å². The van der Waals surface area contributed by atoms with E-state index in [0.717, 1.165) is 19.3 Å². The van der Waals surface area contributed by atoms with Crippen LogP contribution in [0, 0.1) is 0 Å². The van der Waals surface area contributed by atoms with Crippen molar-refractivity contribution in [3.8, 4) is 23.0 Å². The van der Waals surface area contributed by atoms with Crippen molar-refractivity contribution in [1.29, 1.82) is 0 Å². The van der Waals surface area contributed by atoms with Crippen LogP contribution in [0.3, 0.4) is 0 Å². The van der Waals surface area contributed by atoms with Gasteiger partial charge in [-0.15, -0.1) is 0 Å². The largest absolute Gasteiger partial charge is 0.487 e. The van der Waals surface area contributed by atoms with E-state index in [1.807, 2.05) is 48.5 Å². The van der Waals surface area contributed by atoms with Gasteiger partial charge < -0.3 is 28.4 Å². The van der Waals surface area contributed by atoms with Crippen molar-refractivity contribution in [3.63, 3.8) is 0 Å². The third kappa shape index (κ3) is 7.96. The maximum Gasteiger partial charge on any atom is 0.306 e. The Bertz CT molecular complexity index is 768. The van der Waals surface area contributed by atoms with Crippen molar-refractivity contribution < 1.29 is 33.2 Å². The fourth-order valence-corrected chi connectivity index (χ4v) is 3.15. The van der Waals surface area contributed by atoms with Gasteiger partial charge in [0.05, 0.1) is 13.2 Å². The fraction of sp³-hybridized carbons (Fsp3) is 0.480. The van der Waals surface area contributed by atoms with Gasteiger partial charge in [-0.3, -0.25) is 4.79 Å². The van der Waals surface area contributed by atoms with Crippen LogP contribution in [0.25, 0.3) is 0 Å². The summed E-state index contributed by atoms with van der Waals surface area (Å²) in [5, 5.41) is 0. The maximum absolute atomic E-state index is 12.3. The molecule has 0 unspecified atom stereocenters. The predicted molar refractivity (Wildman–Crippen MR) is 120 cm³/mol. The summed E-state index contributed by atoms with van der Waals surface area (Å²) < 4.78 is 34.8. The number of para-hydroxylation sites is 4. The monoisotopic (exact) mass is 444 g/mol. The van der Waals surface area contributed by atoms with Crippen LogP contribution in [0.15, 0.2) is 48.5 Å². The van der Waals surface area contributed by atoms with Crippen molar-refractivity contribution in [1.82, 2.24) is 0 Å². The van der Waals surface area contributed by atoms with Gasteiger partial charge in [-0.25, -0.2) is 0 Å². The predicted octanol–water partition coefficient (Wildman–Crippen LogP) is 4.42. The minimum Gasteiger partial charge on any atom is -0.487 e. The van der Waals surface area contributed by atoms with Gasteiger partial charge in [0, 0.05) is 6.42 Å². The lowest BCUT2D eigenvalue weighted by molar-refractivity contribution is -0.152. The van der Waals surface area contributed by atoms with Gasteiger partial charge in [0.15, 0.2) is 29.1 Å². The molecule has 2 aromatic carbocycles. The van der Waals surface area contributed by atoms with Crippen LogP contribution >= 0.6 is 0 Å². The van der Waals surface area contributed by atoms with Gasteiger partial charge in [-0.1, -0.05) is 44.0 Å². The summed E-state index contributed by atoms with van der Waals surface area (Å²) in [6, 6.07) is 14.8. The van der Waals surface area contributed by atoms with E-state index in [4.69, 9.17) is 28.4 Å². The number of benzene rings is 2. The standard InChI is InChI=1S/C25H32O7/c1-2-3-4-13-25(26)32-20-18-30-23-11-7-5-9-21(23)28-16-14-27-15-17-29-22-10-6-8-12-24(22)31-19-20/h5-12,20H,2-4,13-19H2,1H3. The number of rotatable bonds is 5. The Balaban J connectivity index is 1.72. The van der Waals surface area contributed by atoms with Crippen molar-refractivity contribution in [2.75, 3.05) is 39.6 Å². The second-order valence-electron chi connectivity index (χ2n) is 7.39. The second-order valence-corrected chi connectivity index (χ2v) is 7.39. The summed E-state index contributed by atoms with van der Waals surface area (Å²) in [4.78, 5) is 12.3. The summed E-state index contributed by atoms with van der Waals surface area (Å²) in [6.07, 6.45) is 2.64. The second kappa shape index (κ2) is 13.5. The number of ether oxygens (including phenoxy) is 6. The summed E-state index contributed by atoms with van der Waals surface area (Å²) in [6.45, 7) is 3.99. The Labute approximate surface area is 189 Å². The molecule has 0 radical (unpaired) electrons. The van der Waals surface area contributed by atoms with Crippen molar-refractivity contribution in [2.24, 2.45) is 0 Å². The molecule has 1 heterocycles. The molecule has 0 amide bonds. The smallest absolute Gasteiger partial charge is 0.306 e. The molecule has 7 heteroatoms. The normalized spacial score (nSPS) is 15.7. The van der Waals surface area contributed by atoms with E-state index in [1.165, 1.54) is 0 Å². The molecule has 7 nitrogen and oxygen atoms in total. The lowest BCUT2D eigenvalue weighted by Gasteiger charge is -2.21. The number of hydrogen-bond acceptors (Lipinski definition) is 7. The zero-order valence-corrected chi connectivity index (χ0v) is 18.6. The van der Waals surface area contributed by atoms with Crippen LogP contribution < -0.4 is 18.9 Å². The van der Waals surface area contributed by atoms with Gasteiger partial charge in [-0.05, 0) is 30.7 Å². The highest BCUT2D eigenvalue weighted by Gasteiger charge is 2.19. The third-order valence-corrected chi connectivity index (χ3v) is 4.80. The molecule has 1 aliphatic heterocycles. The Morgan fingerprint density at radius 3 is 1.78 bits per heavy atom. The fourth-order valence-electron chi connectivity index (χ4n) is 3.15. The maximum atomic E-state index is 12.3. The van der Waals surface area contributed by atoms with Crippen LogP contribution in [0.4, 0.5) is 0 Å². The lowest BCUT2D eigenvalue weighted by atomic mass is 10.2. The minimum absolute atomic E-state index is 0.138. The molecule has 0 aliphatic carbocycles. The number of unbranched alkanes of at least 4 members (excludes halogenated alkanes) is 2. The number of hydrogen-bond donors (Lipinski definition) is 0. The van der Waals surface area contributed by atoms with E-state index in [1.54, 1.807) is 0 Å². The van der Waals surface area contributed by atoms with Crippen LogP contribution in [-0.4, -0.2) is 51.7 Å². The summed E-state index contributed by atoms with van der Waals surface area (Å²) in [7, 11) is 0. The van der Waals surface area contributed by atoms with Crippen molar-refractivity contribution >= 4 is 5.97 Å². The molecule has 0 bridgehead atoms. The zero-order valence-electron chi connectivity index (χ0n) is 18.6. The molecule has 32 heavy (non-hydrogen) atoms. The van der Waals surface area contributed by atoms with Crippen LogP contribution in [0.2, 0.25) is 0 Å². The molecule has 0 saturated heterocycles. The molecule has 1 aliphatic rings. The molecule has 2 aromatic rings. The first kappa shape index (κ1) is 23.7. The van der Waals surface area contributed by atoms with E-state index >= 15 is 0 Å². The first-order chi connectivity index (χ1) is 15.8. The zero-order chi connectivity index (χ0) is 22.4. The summed E-state index contributed by atoms with van der Waals surface area (Å²) >= 11 is 0. The molecule has 0 fully saturated rings. The average Bonchev–Trinajstić information content (AvgIpc) is 2.81. The first-order valence-electron chi connectivity index (χ1n) is 11.2. The number of fused-ring (bicyclic) bond motifs is 2. The first-order valence-corrected chi connectivity index (χ1v) is 11.2. The molecule has 0 atom stereocenters. The van der Waals surface area contributed by atoms with Crippen LogP contribution in [0.1, 0.15) is 32.6 Å². The van der Waals surface area contributed by atoms with E-state index in [9.17, 15) is 4.79 Å². The van der Waals surface area contributed by atoms with E-state index < -0.39 is 6.10 Å². The highest BCUT2D eigenvalue weighted by atomic mass is 16.6.